The second-order valence-electron chi connectivity index (χ2n) is 8.38. The van der Waals surface area contributed by atoms with Crippen LogP contribution in [0.25, 0.3) is 0 Å². The average Bonchev–Trinajstić information content (AvgIpc) is 2.79. The summed E-state index contributed by atoms with van der Waals surface area (Å²) in [7, 11) is -3.21. The van der Waals surface area contributed by atoms with Crippen LogP contribution in [0.2, 0.25) is 0 Å². The second kappa shape index (κ2) is 8.09. The molecule has 5 heteroatoms. The van der Waals surface area contributed by atoms with Crippen LogP contribution < -0.4 is 10.0 Å². The molecule has 1 aromatic rings. The number of nitrogens with one attached hydrogen (secondary N) is 2. The topological polar surface area (TPSA) is 58.2 Å². The summed E-state index contributed by atoms with van der Waals surface area (Å²) in [6.45, 7) is 11.2. The Morgan fingerprint density at radius 3 is 2.32 bits per heavy atom. The molecule has 0 fully saturated rings. The van der Waals surface area contributed by atoms with Crippen LogP contribution in [0.15, 0.2) is 18.2 Å². The highest BCUT2D eigenvalue weighted by Gasteiger charge is 2.28. The number of sulfonamides is 1. The molecule has 0 bridgehead atoms. The van der Waals surface area contributed by atoms with Gasteiger partial charge in [0.15, 0.2) is 0 Å². The van der Waals surface area contributed by atoms with Crippen molar-refractivity contribution in [2.75, 3.05) is 18.4 Å². The van der Waals surface area contributed by atoms with Crippen LogP contribution in [0.1, 0.15) is 83.3 Å². The molecule has 0 heterocycles. The van der Waals surface area contributed by atoms with Gasteiger partial charge >= 0.3 is 0 Å². The smallest absolute Gasteiger partial charge is 0.216 e. The van der Waals surface area contributed by atoms with Gasteiger partial charge in [0.25, 0.3) is 0 Å². The Bertz CT molecular complexity index is 677. The Morgan fingerprint density at radius 1 is 1.00 bits per heavy atom. The second-order valence-corrected chi connectivity index (χ2v) is 10.9. The van der Waals surface area contributed by atoms with E-state index in [1.807, 2.05) is 0 Å². The molecule has 0 saturated carbocycles. The SMILES string of the molecule is CC1CC(C)c2cc(NCCCCCNS(=O)(=O)C(C)(C)C)ccc21. The van der Waals surface area contributed by atoms with Gasteiger partial charge in [0, 0.05) is 18.8 Å². The van der Waals surface area contributed by atoms with Crippen LogP contribution in [0.5, 0.6) is 0 Å². The minimum Gasteiger partial charge on any atom is -0.385 e. The van der Waals surface area contributed by atoms with Crippen LogP contribution >= 0.6 is 0 Å². The third-order valence-corrected chi connectivity index (χ3v) is 7.33. The van der Waals surface area contributed by atoms with Crippen molar-refractivity contribution in [2.24, 2.45) is 0 Å². The molecule has 1 aliphatic rings. The summed E-state index contributed by atoms with van der Waals surface area (Å²) >= 11 is 0. The van der Waals surface area contributed by atoms with Crippen molar-refractivity contribution in [3.63, 3.8) is 0 Å². The van der Waals surface area contributed by atoms with Crippen LogP contribution in [0.4, 0.5) is 5.69 Å². The first-order valence-corrected chi connectivity index (χ1v) is 11.0. The van der Waals surface area contributed by atoms with E-state index in [0.29, 0.717) is 18.4 Å². The standard InChI is InChI=1S/C20H34N2O2S/c1-15-13-16(2)19-14-17(9-10-18(15)19)21-11-7-6-8-12-22-25(23,24)20(3,4)5/h9-10,14-16,21-22H,6-8,11-13H2,1-5H3. The molecule has 2 atom stereocenters. The van der Waals surface area contributed by atoms with Crippen LogP contribution in [-0.2, 0) is 10.0 Å². The fourth-order valence-corrected chi connectivity index (χ4v) is 4.27. The Labute approximate surface area is 153 Å². The van der Waals surface area contributed by atoms with Gasteiger partial charge in [-0.3, -0.25) is 0 Å². The minimum atomic E-state index is -3.21. The van der Waals surface area contributed by atoms with Crippen molar-refractivity contribution in [1.82, 2.24) is 4.72 Å². The molecule has 1 aromatic carbocycles. The van der Waals surface area contributed by atoms with Crippen LogP contribution in [0.3, 0.4) is 0 Å². The van der Waals surface area contributed by atoms with Gasteiger partial charge in [-0.15, -0.1) is 0 Å². The predicted molar refractivity (Wildman–Crippen MR) is 107 cm³/mol. The number of benzene rings is 1. The van der Waals surface area contributed by atoms with Crippen LogP contribution in [-0.4, -0.2) is 26.3 Å². The van der Waals surface area contributed by atoms with Gasteiger partial charge in [-0.2, -0.15) is 0 Å². The summed E-state index contributed by atoms with van der Waals surface area (Å²) in [5.41, 5.74) is 4.20. The first-order chi connectivity index (χ1) is 11.6. The fraction of sp³-hybridized carbons (Fsp3) is 0.700. The van der Waals surface area contributed by atoms with Crippen LogP contribution in [0, 0.1) is 0 Å². The number of hydrogen-bond acceptors (Lipinski definition) is 3. The minimum absolute atomic E-state index is 0.522. The largest absolute Gasteiger partial charge is 0.385 e. The summed E-state index contributed by atoms with van der Waals surface area (Å²) in [6, 6.07) is 6.76. The van der Waals surface area contributed by atoms with Crippen molar-refractivity contribution in [3.8, 4) is 0 Å². The van der Waals surface area contributed by atoms with Gasteiger partial charge in [-0.25, -0.2) is 13.1 Å². The Kier molecular flexibility index (Phi) is 6.55. The molecule has 142 valence electrons. The van der Waals surface area contributed by atoms with Crippen molar-refractivity contribution < 1.29 is 8.42 Å². The molecular weight excluding hydrogens is 332 g/mol. The summed E-state index contributed by atoms with van der Waals surface area (Å²) in [5.74, 6) is 1.33. The zero-order chi connectivity index (χ0) is 18.7. The average molecular weight is 367 g/mol. The van der Waals surface area contributed by atoms with E-state index in [0.717, 1.165) is 25.8 Å². The van der Waals surface area contributed by atoms with E-state index in [4.69, 9.17) is 0 Å². The molecule has 0 radical (unpaired) electrons. The molecule has 0 aliphatic heterocycles. The van der Waals surface area contributed by atoms with Gasteiger partial charge in [-0.1, -0.05) is 26.3 Å². The van der Waals surface area contributed by atoms with E-state index >= 15 is 0 Å². The van der Waals surface area contributed by atoms with E-state index in [1.54, 1.807) is 20.8 Å². The van der Waals surface area contributed by atoms with Gasteiger partial charge in [-0.05, 0) is 75.1 Å². The highest BCUT2D eigenvalue weighted by Crippen LogP contribution is 2.42. The Balaban J connectivity index is 1.67. The summed E-state index contributed by atoms with van der Waals surface area (Å²) in [6.07, 6.45) is 4.18. The van der Waals surface area contributed by atoms with Crippen molar-refractivity contribution in [1.29, 1.82) is 0 Å². The van der Waals surface area contributed by atoms with E-state index < -0.39 is 14.8 Å². The monoisotopic (exact) mass is 366 g/mol. The highest BCUT2D eigenvalue weighted by atomic mass is 32.2. The maximum absolute atomic E-state index is 11.9. The summed E-state index contributed by atoms with van der Waals surface area (Å²) in [4.78, 5) is 0. The fourth-order valence-electron chi connectivity index (χ4n) is 3.43. The number of rotatable bonds is 8. The zero-order valence-corrected chi connectivity index (χ0v) is 17.2. The van der Waals surface area contributed by atoms with Crippen molar-refractivity contribution in [3.05, 3.63) is 29.3 Å². The van der Waals surface area contributed by atoms with Gasteiger partial charge in [0.2, 0.25) is 10.0 Å². The normalized spacial score (nSPS) is 20.5. The third kappa shape index (κ3) is 5.20. The van der Waals surface area contributed by atoms with Gasteiger partial charge < -0.3 is 5.32 Å². The molecule has 4 nitrogen and oxygen atoms in total. The van der Waals surface area contributed by atoms with E-state index in [9.17, 15) is 8.42 Å². The Hall–Kier alpha value is -1.07. The van der Waals surface area contributed by atoms with Gasteiger partial charge in [0.1, 0.15) is 0 Å². The van der Waals surface area contributed by atoms with Gasteiger partial charge in [0.05, 0.1) is 4.75 Å². The van der Waals surface area contributed by atoms with Crippen molar-refractivity contribution in [2.45, 2.75) is 76.9 Å². The maximum Gasteiger partial charge on any atom is 0.216 e. The number of hydrogen-bond donors (Lipinski definition) is 2. The predicted octanol–water partition coefficient (Wildman–Crippen LogP) is 4.60. The number of anilines is 1. The highest BCUT2D eigenvalue weighted by molar-refractivity contribution is 7.90. The molecule has 25 heavy (non-hydrogen) atoms. The molecule has 2 N–H and O–H groups in total. The Morgan fingerprint density at radius 2 is 1.64 bits per heavy atom. The first kappa shape index (κ1) is 20.2. The van der Waals surface area contributed by atoms with E-state index in [1.165, 1.54) is 23.2 Å². The van der Waals surface area contributed by atoms with E-state index in [2.05, 4.69) is 42.1 Å². The lowest BCUT2D eigenvalue weighted by atomic mass is 10.0. The molecule has 2 unspecified atom stereocenters. The lowest BCUT2D eigenvalue weighted by Gasteiger charge is -2.19. The molecule has 0 spiro atoms. The lowest BCUT2D eigenvalue weighted by molar-refractivity contribution is 0.540. The zero-order valence-electron chi connectivity index (χ0n) is 16.4. The molecule has 2 rings (SSSR count). The third-order valence-electron chi connectivity index (χ3n) is 5.14. The maximum atomic E-state index is 11.9. The lowest BCUT2D eigenvalue weighted by Crippen LogP contribution is -2.39. The van der Waals surface area contributed by atoms with Crippen molar-refractivity contribution >= 4 is 15.7 Å². The summed E-state index contributed by atoms with van der Waals surface area (Å²) in [5, 5.41) is 3.50. The molecule has 0 amide bonds. The summed E-state index contributed by atoms with van der Waals surface area (Å²) < 4.78 is 25.8. The van der Waals surface area contributed by atoms with E-state index in [-0.39, 0.29) is 0 Å². The number of fused-ring (bicyclic) bond motifs is 1. The quantitative estimate of drug-likeness (QED) is 0.661. The molecule has 0 aromatic heterocycles. The first-order valence-electron chi connectivity index (χ1n) is 9.49. The molecule has 0 saturated heterocycles. The molecule has 1 aliphatic carbocycles. The molecular formula is C20H34N2O2S. The number of unbranched alkanes of at least 4 members (excludes halogenated alkanes) is 2.